The Morgan fingerprint density at radius 3 is 2.56 bits per heavy atom. The van der Waals surface area contributed by atoms with Crippen LogP contribution in [-0.4, -0.2) is 17.7 Å². The van der Waals surface area contributed by atoms with E-state index in [1.54, 1.807) is 0 Å². The van der Waals surface area contributed by atoms with Crippen LogP contribution in [-0.2, 0) is 10.9 Å². The summed E-state index contributed by atoms with van der Waals surface area (Å²) in [6, 6.07) is 2.84. The highest BCUT2D eigenvalue weighted by atomic mass is 19.4. The summed E-state index contributed by atoms with van der Waals surface area (Å²) in [4.78, 5) is 11.4. The van der Waals surface area contributed by atoms with Gasteiger partial charge >= 0.3 is 12.1 Å². The normalized spacial score (nSPS) is 10.8. The summed E-state index contributed by atoms with van der Waals surface area (Å²) < 4.78 is 42.4. The number of ether oxygens (including phenoxy) is 1. The number of nitrogens with zero attached hydrogens (tertiary/aromatic N) is 1. The quantitative estimate of drug-likeness (QED) is 0.828. The largest absolute Gasteiger partial charge is 0.506 e. The van der Waals surface area contributed by atoms with E-state index in [0.29, 0.717) is 6.07 Å². The zero-order chi connectivity index (χ0) is 13.9. The van der Waals surface area contributed by atoms with E-state index in [4.69, 9.17) is 5.26 Å². The maximum atomic E-state index is 12.7. The van der Waals surface area contributed by atoms with Crippen molar-refractivity contribution in [2.75, 3.05) is 6.61 Å². The van der Waals surface area contributed by atoms with Crippen molar-refractivity contribution in [3.63, 3.8) is 0 Å². The molecule has 0 aliphatic heterocycles. The van der Waals surface area contributed by atoms with E-state index < -0.39 is 34.6 Å². The van der Waals surface area contributed by atoms with Crippen LogP contribution < -0.4 is 0 Å². The standard InChI is InChI=1S/C11H8F3NO3/c1-2-18-10(17)8-7(11(12,13)14)4-3-6(5-15)9(8)16/h3-4,16H,2H2,1H3. The molecule has 0 saturated carbocycles. The zero-order valence-electron chi connectivity index (χ0n) is 9.21. The molecule has 0 saturated heterocycles. The molecule has 0 atom stereocenters. The van der Waals surface area contributed by atoms with Crippen molar-refractivity contribution in [2.45, 2.75) is 13.1 Å². The lowest BCUT2D eigenvalue weighted by atomic mass is 10.0. The van der Waals surface area contributed by atoms with Gasteiger partial charge in [-0.1, -0.05) is 0 Å². The van der Waals surface area contributed by atoms with Crippen LogP contribution in [0.1, 0.15) is 28.4 Å². The number of hydrogen-bond donors (Lipinski definition) is 1. The van der Waals surface area contributed by atoms with Crippen molar-refractivity contribution in [1.29, 1.82) is 5.26 Å². The number of halogens is 3. The first-order valence-electron chi connectivity index (χ1n) is 4.83. The summed E-state index contributed by atoms with van der Waals surface area (Å²) in [5.74, 6) is -2.34. The fourth-order valence-corrected chi connectivity index (χ4v) is 1.33. The van der Waals surface area contributed by atoms with Gasteiger partial charge in [0.2, 0.25) is 0 Å². The van der Waals surface area contributed by atoms with Crippen LogP contribution in [0.15, 0.2) is 12.1 Å². The van der Waals surface area contributed by atoms with Crippen molar-refractivity contribution in [3.05, 3.63) is 28.8 Å². The predicted molar refractivity (Wildman–Crippen MR) is 53.8 cm³/mol. The molecule has 7 heteroatoms. The lowest BCUT2D eigenvalue weighted by molar-refractivity contribution is -0.138. The van der Waals surface area contributed by atoms with Gasteiger partial charge < -0.3 is 9.84 Å². The van der Waals surface area contributed by atoms with Gasteiger partial charge in [-0.2, -0.15) is 18.4 Å². The summed E-state index contributed by atoms with van der Waals surface area (Å²) in [6.45, 7) is 1.27. The number of phenolic OH excluding ortho intramolecular Hbond substituents is 1. The molecule has 1 rings (SSSR count). The molecule has 0 spiro atoms. The molecule has 0 fully saturated rings. The van der Waals surface area contributed by atoms with Crippen LogP contribution >= 0.6 is 0 Å². The topological polar surface area (TPSA) is 70.3 Å². The minimum Gasteiger partial charge on any atom is -0.506 e. The Labute approximate surface area is 100 Å². The molecule has 0 unspecified atom stereocenters. The van der Waals surface area contributed by atoms with Crippen LogP contribution in [0.25, 0.3) is 0 Å². The molecule has 0 radical (unpaired) electrons. The Balaban J connectivity index is 3.51. The van der Waals surface area contributed by atoms with Crippen molar-refractivity contribution in [2.24, 2.45) is 0 Å². The Morgan fingerprint density at radius 1 is 1.50 bits per heavy atom. The number of carbonyl (C=O) groups is 1. The molecular weight excluding hydrogens is 251 g/mol. The van der Waals surface area contributed by atoms with Gasteiger partial charge in [0, 0.05) is 0 Å². The van der Waals surface area contributed by atoms with Gasteiger partial charge in [-0.15, -0.1) is 0 Å². The van der Waals surface area contributed by atoms with E-state index in [1.807, 2.05) is 0 Å². The predicted octanol–water partition coefficient (Wildman–Crippen LogP) is 2.46. The third-order valence-corrected chi connectivity index (χ3v) is 2.08. The molecule has 18 heavy (non-hydrogen) atoms. The second-order valence-electron chi connectivity index (χ2n) is 3.21. The van der Waals surface area contributed by atoms with Gasteiger partial charge in [-0.05, 0) is 19.1 Å². The number of phenols is 1. The first-order valence-corrected chi connectivity index (χ1v) is 4.83. The molecule has 0 aliphatic carbocycles. The Hall–Kier alpha value is -2.23. The Morgan fingerprint density at radius 2 is 2.11 bits per heavy atom. The highest BCUT2D eigenvalue weighted by Gasteiger charge is 2.38. The van der Waals surface area contributed by atoms with Gasteiger partial charge in [0.15, 0.2) is 0 Å². The molecule has 0 bridgehead atoms. The molecule has 0 aliphatic rings. The van der Waals surface area contributed by atoms with Gasteiger partial charge in [-0.25, -0.2) is 4.79 Å². The average molecular weight is 259 g/mol. The summed E-state index contributed by atoms with van der Waals surface area (Å²) in [5.41, 5.74) is -2.80. The SMILES string of the molecule is CCOC(=O)c1c(C(F)(F)F)ccc(C#N)c1O. The first kappa shape index (κ1) is 13.8. The molecule has 1 aromatic carbocycles. The molecule has 1 N–H and O–H groups in total. The van der Waals surface area contributed by atoms with Gasteiger partial charge in [0.25, 0.3) is 0 Å². The Bertz CT molecular complexity index is 517. The molecule has 4 nitrogen and oxygen atoms in total. The van der Waals surface area contributed by atoms with Crippen LogP contribution in [0.2, 0.25) is 0 Å². The van der Waals surface area contributed by atoms with Gasteiger partial charge in [0.1, 0.15) is 17.4 Å². The van der Waals surface area contributed by atoms with E-state index in [-0.39, 0.29) is 6.61 Å². The first-order chi connectivity index (χ1) is 8.32. The molecule has 0 amide bonds. The Kier molecular flexibility index (Phi) is 3.81. The lowest BCUT2D eigenvalue weighted by Crippen LogP contribution is -2.16. The maximum absolute atomic E-state index is 12.7. The number of aromatic hydroxyl groups is 1. The highest BCUT2D eigenvalue weighted by Crippen LogP contribution is 2.37. The van der Waals surface area contributed by atoms with Crippen LogP contribution in [0.5, 0.6) is 5.75 Å². The number of hydrogen-bond acceptors (Lipinski definition) is 4. The third kappa shape index (κ3) is 2.53. The smallest absolute Gasteiger partial charge is 0.417 e. The van der Waals surface area contributed by atoms with E-state index >= 15 is 0 Å². The molecule has 0 heterocycles. The van der Waals surface area contributed by atoms with Gasteiger partial charge in [-0.3, -0.25) is 0 Å². The highest BCUT2D eigenvalue weighted by molar-refractivity contribution is 5.95. The number of esters is 1. The summed E-state index contributed by atoms with van der Waals surface area (Å²) in [5, 5.41) is 18.1. The van der Waals surface area contributed by atoms with E-state index in [9.17, 15) is 23.1 Å². The van der Waals surface area contributed by atoms with Crippen molar-refractivity contribution in [3.8, 4) is 11.8 Å². The van der Waals surface area contributed by atoms with Crippen LogP contribution in [0, 0.1) is 11.3 Å². The van der Waals surface area contributed by atoms with Crippen LogP contribution in [0.4, 0.5) is 13.2 Å². The minimum absolute atomic E-state index is 0.146. The number of nitriles is 1. The molecule has 1 aromatic rings. The molecule has 0 aromatic heterocycles. The van der Waals surface area contributed by atoms with Crippen molar-refractivity contribution < 1.29 is 27.8 Å². The van der Waals surface area contributed by atoms with E-state index in [2.05, 4.69) is 4.74 Å². The third-order valence-electron chi connectivity index (χ3n) is 2.08. The monoisotopic (exact) mass is 259 g/mol. The van der Waals surface area contributed by atoms with Crippen LogP contribution in [0.3, 0.4) is 0 Å². The number of alkyl halides is 3. The average Bonchev–Trinajstić information content (AvgIpc) is 2.27. The molecule has 96 valence electrons. The lowest BCUT2D eigenvalue weighted by Gasteiger charge is -2.13. The van der Waals surface area contributed by atoms with E-state index in [0.717, 1.165) is 6.07 Å². The van der Waals surface area contributed by atoms with E-state index in [1.165, 1.54) is 13.0 Å². The summed E-state index contributed by atoms with van der Waals surface area (Å²) in [6.07, 6.45) is -4.83. The second kappa shape index (κ2) is 4.96. The van der Waals surface area contributed by atoms with Crippen molar-refractivity contribution in [1.82, 2.24) is 0 Å². The number of rotatable bonds is 2. The van der Waals surface area contributed by atoms with Gasteiger partial charge in [0.05, 0.1) is 17.7 Å². The number of carbonyl (C=O) groups excluding carboxylic acids is 1. The summed E-state index contributed by atoms with van der Waals surface area (Å²) in [7, 11) is 0. The minimum atomic E-state index is -4.83. The summed E-state index contributed by atoms with van der Waals surface area (Å²) >= 11 is 0. The second-order valence-corrected chi connectivity index (χ2v) is 3.21. The number of benzene rings is 1. The zero-order valence-corrected chi connectivity index (χ0v) is 9.21. The maximum Gasteiger partial charge on any atom is 0.417 e. The molecular formula is C11H8F3NO3. The fourth-order valence-electron chi connectivity index (χ4n) is 1.33. The fraction of sp³-hybridized carbons (Fsp3) is 0.273. The van der Waals surface area contributed by atoms with Crippen molar-refractivity contribution >= 4 is 5.97 Å².